The number of likely N-dealkylation sites (N-methyl/N-ethyl adjacent to an activating group) is 1. The molecular formula is C19H38N2O+2. The quantitative estimate of drug-likeness (QED) is 0.560. The molecule has 3 saturated heterocycles. The first-order valence-corrected chi connectivity index (χ1v) is 9.87. The Kier molecular flexibility index (Phi) is 5.47. The Balaban J connectivity index is 1.43. The number of nitrogens with zero attached hydrogens (tertiary/aromatic N) is 2. The molecule has 22 heavy (non-hydrogen) atoms. The first-order valence-electron chi connectivity index (χ1n) is 9.87. The molecule has 0 aromatic carbocycles. The monoisotopic (exact) mass is 310 g/mol. The fourth-order valence-electron chi connectivity index (χ4n) is 5.45. The Hall–Kier alpha value is -0.120. The average molecular weight is 311 g/mol. The third kappa shape index (κ3) is 3.85. The van der Waals surface area contributed by atoms with Gasteiger partial charge in [-0.3, -0.25) is 0 Å². The van der Waals surface area contributed by atoms with Gasteiger partial charge in [0.25, 0.3) is 0 Å². The van der Waals surface area contributed by atoms with E-state index in [0.29, 0.717) is 0 Å². The molecule has 0 radical (unpaired) electrons. The molecule has 128 valence electrons. The van der Waals surface area contributed by atoms with Crippen LogP contribution in [0.4, 0.5) is 0 Å². The van der Waals surface area contributed by atoms with Gasteiger partial charge in [0, 0.05) is 12.3 Å². The predicted molar refractivity (Wildman–Crippen MR) is 91.7 cm³/mol. The van der Waals surface area contributed by atoms with Gasteiger partial charge in [0.2, 0.25) is 0 Å². The SMILES string of the molecule is C[N+]1(CCOC[C@@H]2CCC[N+]3(C)CCCC[C@H]23)CCCCC1. The average Bonchev–Trinajstić information content (AvgIpc) is 2.51. The van der Waals surface area contributed by atoms with E-state index in [4.69, 9.17) is 4.74 Å². The topological polar surface area (TPSA) is 9.23 Å². The van der Waals surface area contributed by atoms with Crippen LogP contribution in [-0.4, -0.2) is 75.0 Å². The van der Waals surface area contributed by atoms with Crippen molar-refractivity contribution in [3.05, 3.63) is 0 Å². The van der Waals surface area contributed by atoms with E-state index in [1.165, 1.54) is 93.1 Å². The lowest BCUT2D eigenvalue weighted by molar-refractivity contribution is -0.947. The molecule has 3 fully saturated rings. The number of hydrogen-bond acceptors (Lipinski definition) is 1. The van der Waals surface area contributed by atoms with Gasteiger partial charge in [0.15, 0.2) is 0 Å². The molecule has 0 amide bonds. The molecule has 0 bridgehead atoms. The van der Waals surface area contributed by atoms with Gasteiger partial charge < -0.3 is 13.7 Å². The highest BCUT2D eigenvalue weighted by Crippen LogP contribution is 2.36. The van der Waals surface area contributed by atoms with E-state index in [-0.39, 0.29) is 0 Å². The van der Waals surface area contributed by atoms with Gasteiger partial charge in [-0.1, -0.05) is 0 Å². The molecule has 0 aliphatic carbocycles. The van der Waals surface area contributed by atoms with Crippen molar-refractivity contribution >= 4 is 0 Å². The first-order chi connectivity index (χ1) is 10.6. The van der Waals surface area contributed by atoms with Crippen molar-refractivity contribution in [3.8, 4) is 0 Å². The minimum absolute atomic E-state index is 0.825. The van der Waals surface area contributed by atoms with Crippen molar-refractivity contribution in [1.82, 2.24) is 0 Å². The molecule has 0 saturated carbocycles. The molecule has 3 nitrogen and oxygen atoms in total. The van der Waals surface area contributed by atoms with E-state index in [0.717, 1.165) is 25.2 Å². The summed E-state index contributed by atoms with van der Waals surface area (Å²) < 4.78 is 8.81. The highest BCUT2D eigenvalue weighted by molar-refractivity contribution is 4.78. The zero-order valence-corrected chi connectivity index (χ0v) is 15.1. The second kappa shape index (κ2) is 7.19. The highest BCUT2D eigenvalue weighted by Gasteiger charge is 2.43. The zero-order chi connectivity index (χ0) is 15.5. The smallest absolute Gasteiger partial charge is 0.102 e. The summed E-state index contributed by atoms with van der Waals surface area (Å²) in [4.78, 5) is 0. The van der Waals surface area contributed by atoms with E-state index in [1.54, 1.807) is 0 Å². The third-order valence-electron chi connectivity index (χ3n) is 7.01. The van der Waals surface area contributed by atoms with Crippen LogP contribution < -0.4 is 0 Å². The van der Waals surface area contributed by atoms with Gasteiger partial charge >= 0.3 is 0 Å². The number of rotatable bonds is 5. The van der Waals surface area contributed by atoms with Crippen molar-refractivity contribution < 1.29 is 13.7 Å². The molecule has 3 rings (SSSR count). The number of likely N-dealkylation sites (tertiary alicyclic amines) is 1. The predicted octanol–water partition coefficient (Wildman–Crippen LogP) is 3.04. The van der Waals surface area contributed by atoms with Gasteiger partial charge in [0.1, 0.15) is 6.54 Å². The lowest BCUT2D eigenvalue weighted by Gasteiger charge is -2.51. The fourth-order valence-corrected chi connectivity index (χ4v) is 5.45. The maximum Gasteiger partial charge on any atom is 0.102 e. The summed E-state index contributed by atoms with van der Waals surface area (Å²) in [6, 6.07) is 0.891. The lowest BCUT2D eigenvalue weighted by atomic mass is 9.82. The summed E-state index contributed by atoms with van der Waals surface area (Å²) in [6.45, 7) is 8.78. The second-order valence-electron chi connectivity index (χ2n) is 8.82. The van der Waals surface area contributed by atoms with Crippen molar-refractivity contribution in [2.45, 2.75) is 57.4 Å². The fraction of sp³-hybridized carbons (Fsp3) is 1.00. The Labute approximate surface area is 137 Å². The van der Waals surface area contributed by atoms with Crippen molar-refractivity contribution in [1.29, 1.82) is 0 Å². The van der Waals surface area contributed by atoms with E-state index >= 15 is 0 Å². The zero-order valence-electron chi connectivity index (χ0n) is 15.1. The largest absolute Gasteiger partial charge is 0.375 e. The van der Waals surface area contributed by atoms with E-state index in [1.807, 2.05) is 0 Å². The van der Waals surface area contributed by atoms with E-state index in [9.17, 15) is 0 Å². The Bertz CT molecular complexity index is 349. The summed E-state index contributed by atoms with van der Waals surface area (Å²) in [5.74, 6) is 0.825. The normalized spacial score (nSPS) is 38.5. The van der Waals surface area contributed by atoms with Crippen molar-refractivity contribution in [3.63, 3.8) is 0 Å². The van der Waals surface area contributed by atoms with Crippen LogP contribution in [0.25, 0.3) is 0 Å². The molecule has 1 unspecified atom stereocenters. The highest BCUT2D eigenvalue weighted by atomic mass is 16.5. The summed E-state index contributed by atoms with van der Waals surface area (Å²) in [7, 11) is 4.94. The number of piperidine rings is 3. The summed E-state index contributed by atoms with van der Waals surface area (Å²) in [5.41, 5.74) is 0. The molecule has 3 heteroatoms. The van der Waals surface area contributed by atoms with Gasteiger partial charge in [-0.05, 0) is 44.9 Å². The summed E-state index contributed by atoms with van der Waals surface area (Å²) >= 11 is 0. The number of quaternary nitrogens is 2. The van der Waals surface area contributed by atoms with Crippen LogP contribution >= 0.6 is 0 Å². The summed E-state index contributed by atoms with van der Waals surface area (Å²) in [5, 5.41) is 0. The Morgan fingerprint density at radius 1 is 0.818 bits per heavy atom. The standard InChI is InChI=1S/C19H38N2O/c1-20(11-5-3-6-12-20)15-16-22-17-18-9-8-14-21(2)13-7-4-10-19(18)21/h18-19H,3-17H2,1-2H3/q+2/t18-,19+,21?/m0/s1. The van der Waals surface area contributed by atoms with Crippen molar-refractivity contribution in [2.24, 2.45) is 5.92 Å². The van der Waals surface area contributed by atoms with Gasteiger partial charge in [0.05, 0.1) is 59.5 Å². The lowest BCUT2D eigenvalue weighted by Crippen LogP contribution is -2.61. The van der Waals surface area contributed by atoms with Crippen LogP contribution in [0.3, 0.4) is 0 Å². The number of fused-ring (bicyclic) bond motifs is 1. The van der Waals surface area contributed by atoms with E-state index < -0.39 is 0 Å². The minimum atomic E-state index is 0.825. The second-order valence-corrected chi connectivity index (χ2v) is 8.82. The van der Waals surface area contributed by atoms with Gasteiger partial charge in [-0.25, -0.2) is 0 Å². The maximum atomic E-state index is 6.21. The molecule has 3 aliphatic heterocycles. The van der Waals surface area contributed by atoms with Gasteiger partial charge in [-0.2, -0.15) is 0 Å². The maximum absolute atomic E-state index is 6.21. The number of ether oxygens (including phenoxy) is 1. The van der Waals surface area contributed by atoms with Crippen LogP contribution in [0.2, 0.25) is 0 Å². The molecule has 0 aromatic rings. The van der Waals surface area contributed by atoms with E-state index in [2.05, 4.69) is 14.1 Å². The minimum Gasteiger partial charge on any atom is -0.375 e. The molecule has 3 atom stereocenters. The van der Waals surface area contributed by atoms with Crippen LogP contribution in [0.15, 0.2) is 0 Å². The van der Waals surface area contributed by atoms with Gasteiger partial charge in [-0.15, -0.1) is 0 Å². The van der Waals surface area contributed by atoms with Crippen LogP contribution in [0, 0.1) is 5.92 Å². The van der Waals surface area contributed by atoms with Crippen LogP contribution in [0.5, 0.6) is 0 Å². The number of hydrogen-bond donors (Lipinski definition) is 0. The Morgan fingerprint density at radius 3 is 2.36 bits per heavy atom. The molecule has 0 N–H and O–H groups in total. The summed E-state index contributed by atoms with van der Waals surface area (Å²) in [6.07, 6.45) is 11.4. The van der Waals surface area contributed by atoms with Crippen LogP contribution in [-0.2, 0) is 4.74 Å². The third-order valence-corrected chi connectivity index (χ3v) is 7.01. The molecule has 0 spiro atoms. The van der Waals surface area contributed by atoms with Crippen LogP contribution in [0.1, 0.15) is 51.4 Å². The molecular weight excluding hydrogens is 272 g/mol. The molecule has 0 aromatic heterocycles. The molecule has 3 heterocycles. The Morgan fingerprint density at radius 2 is 1.55 bits per heavy atom. The molecule has 3 aliphatic rings. The first kappa shape index (κ1) is 16.7. The van der Waals surface area contributed by atoms with Crippen molar-refractivity contribution in [2.75, 3.05) is 60.0 Å².